The van der Waals surface area contributed by atoms with E-state index in [1.165, 1.54) is 9.21 Å². The van der Waals surface area contributed by atoms with E-state index < -0.39 is 10.0 Å². The maximum Gasteiger partial charge on any atom is 0.265 e. The van der Waals surface area contributed by atoms with Crippen molar-refractivity contribution in [2.45, 2.75) is 11.4 Å². The lowest BCUT2D eigenvalue weighted by Gasteiger charge is -2.23. The second-order valence-electron chi connectivity index (χ2n) is 6.48. The Hall–Kier alpha value is -2.57. The first kappa shape index (κ1) is 17.8. The highest BCUT2D eigenvalue weighted by Crippen LogP contribution is 2.41. The van der Waals surface area contributed by atoms with Crippen LogP contribution in [0.3, 0.4) is 0 Å². The van der Waals surface area contributed by atoms with Gasteiger partial charge in [-0.15, -0.1) is 0 Å². The van der Waals surface area contributed by atoms with E-state index in [0.717, 1.165) is 10.9 Å². The van der Waals surface area contributed by atoms with E-state index >= 15 is 0 Å². The summed E-state index contributed by atoms with van der Waals surface area (Å²) in [5.41, 5.74) is 1.35. The molecule has 5 nitrogen and oxygen atoms in total. The number of likely N-dealkylation sites (N-methyl/N-ethyl adjacent to an activating group) is 1. The van der Waals surface area contributed by atoms with Gasteiger partial charge in [-0.25, -0.2) is 8.42 Å². The largest absolute Gasteiger partial charge is 0.340 e. The van der Waals surface area contributed by atoms with Gasteiger partial charge < -0.3 is 4.90 Å². The lowest BCUT2D eigenvalue weighted by Crippen LogP contribution is -2.39. The fourth-order valence-corrected chi connectivity index (χ4v) is 5.20. The van der Waals surface area contributed by atoms with E-state index in [1.807, 2.05) is 30.3 Å². The number of anilines is 1. The molecule has 1 heterocycles. The lowest BCUT2D eigenvalue weighted by molar-refractivity contribution is -0.128. The molecule has 0 saturated carbocycles. The normalized spacial score (nSPS) is 14.5. The molecule has 138 valence electrons. The molecule has 4 rings (SSSR count). The molecule has 0 aromatic heterocycles. The molecule has 0 N–H and O–H groups in total. The van der Waals surface area contributed by atoms with Crippen molar-refractivity contribution in [2.24, 2.45) is 0 Å². The molecule has 7 heteroatoms. The zero-order valence-corrected chi connectivity index (χ0v) is 16.2. The Labute approximate surface area is 162 Å². The second kappa shape index (κ2) is 6.55. The number of hydrogen-bond donors (Lipinski definition) is 0. The summed E-state index contributed by atoms with van der Waals surface area (Å²) >= 11 is 6.16. The standard InChI is InChI=1S/C20H17ClN2O3S/c1-22(12-15-6-2-3-9-16(15)21)19(24)13-23-17-10-4-7-14-8-5-11-18(20(14)17)27(23,25)26/h2-11H,12-13H2,1H3. The lowest BCUT2D eigenvalue weighted by atomic mass is 10.1. The van der Waals surface area contributed by atoms with Crippen molar-refractivity contribution >= 4 is 44.0 Å². The summed E-state index contributed by atoms with van der Waals surface area (Å²) in [6, 6.07) is 17.8. The van der Waals surface area contributed by atoms with Gasteiger partial charge in [0.05, 0.1) is 10.6 Å². The SMILES string of the molecule is CN(Cc1ccccc1Cl)C(=O)CN1c2cccc3cccc(c23)S1(=O)=O. The number of rotatable bonds is 4. The third kappa shape index (κ3) is 2.95. The van der Waals surface area contributed by atoms with Crippen molar-refractivity contribution in [2.75, 3.05) is 17.9 Å². The van der Waals surface area contributed by atoms with Crippen LogP contribution in [0, 0.1) is 0 Å². The molecule has 0 spiro atoms. The Kier molecular flexibility index (Phi) is 4.32. The number of hydrogen-bond acceptors (Lipinski definition) is 3. The minimum absolute atomic E-state index is 0.247. The molecule has 3 aromatic rings. The van der Waals surface area contributed by atoms with Gasteiger partial charge in [0.15, 0.2) is 0 Å². The van der Waals surface area contributed by atoms with Gasteiger partial charge in [-0.2, -0.15) is 0 Å². The fourth-order valence-electron chi connectivity index (χ4n) is 3.34. The van der Waals surface area contributed by atoms with Gasteiger partial charge in [0.2, 0.25) is 5.91 Å². The summed E-state index contributed by atoms with van der Waals surface area (Å²) in [4.78, 5) is 14.5. The summed E-state index contributed by atoms with van der Waals surface area (Å²) < 4.78 is 27.1. The fraction of sp³-hybridized carbons (Fsp3) is 0.150. The second-order valence-corrected chi connectivity index (χ2v) is 8.72. The van der Waals surface area contributed by atoms with E-state index in [1.54, 1.807) is 37.4 Å². The van der Waals surface area contributed by atoms with Crippen LogP contribution >= 0.6 is 11.6 Å². The van der Waals surface area contributed by atoms with Crippen LogP contribution in [0.1, 0.15) is 5.56 Å². The van der Waals surface area contributed by atoms with Gasteiger partial charge in [0, 0.05) is 24.0 Å². The van der Waals surface area contributed by atoms with Crippen molar-refractivity contribution in [3.05, 3.63) is 71.2 Å². The van der Waals surface area contributed by atoms with E-state index in [4.69, 9.17) is 11.6 Å². The number of sulfonamides is 1. The Morgan fingerprint density at radius 3 is 2.48 bits per heavy atom. The Morgan fingerprint density at radius 2 is 1.74 bits per heavy atom. The predicted molar refractivity (Wildman–Crippen MR) is 106 cm³/mol. The highest BCUT2D eigenvalue weighted by molar-refractivity contribution is 7.93. The van der Waals surface area contributed by atoms with Gasteiger partial charge in [-0.05, 0) is 29.1 Å². The van der Waals surface area contributed by atoms with E-state index in [2.05, 4.69) is 0 Å². The molecule has 0 bridgehead atoms. The number of carbonyl (C=O) groups excluding carboxylic acids is 1. The highest BCUT2D eigenvalue weighted by Gasteiger charge is 2.37. The summed E-state index contributed by atoms with van der Waals surface area (Å²) in [5.74, 6) is -0.302. The Balaban J connectivity index is 1.62. The molecule has 0 radical (unpaired) electrons. The maximum atomic E-state index is 13.0. The van der Waals surface area contributed by atoms with Crippen LogP contribution in [0.4, 0.5) is 5.69 Å². The molecule has 3 aromatic carbocycles. The zero-order valence-electron chi connectivity index (χ0n) is 14.6. The molecular formula is C20H17ClN2O3S. The monoisotopic (exact) mass is 400 g/mol. The van der Waals surface area contributed by atoms with Crippen molar-refractivity contribution in [3.63, 3.8) is 0 Å². The average molecular weight is 401 g/mol. The molecule has 0 aliphatic carbocycles. The number of halogens is 1. The number of nitrogens with zero attached hydrogens (tertiary/aromatic N) is 2. The van der Waals surface area contributed by atoms with Crippen molar-refractivity contribution in [3.8, 4) is 0 Å². The Morgan fingerprint density at radius 1 is 1.04 bits per heavy atom. The summed E-state index contributed by atoms with van der Waals surface area (Å²) in [6.07, 6.45) is 0. The molecule has 0 fully saturated rings. The van der Waals surface area contributed by atoms with Gasteiger partial charge in [0.1, 0.15) is 6.54 Å². The maximum absolute atomic E-state index is 13.0. The van der Waals surface area contributed by atoms with E-state index in [-0.39, 0.29) is 17.3 Å². The first-order chi connectivity index (χ1) is 12.9. The van der Waals surface area contributed by atoms with Crippen molar-refractivity contribution < 1.29 is 13.2 Å². The number of benzene rings is 3. The van der Waals surface area contributed by atoms with E-state index in [0.29, 0.717) is 22.6 Å². The minimum atomic E-state index is -3.75. The first-order valence-corrected chi connectivity index (χ1v) is 10.2. The van der Waals surface area contributed by atoms with Crippen molar-refractivity contribution in [1.29, 1.82) is 0 Å². The Bertz CT molecular complexity index is 1160. The third-order valence-corrected chi connectivity index (χ3v) is 6.92. The van der Waals surface area contributed by atoms with Gasteiger partial charge >= 0.3 is 0 Å². The average Bonchev–Trinajstić information content (AvgIpc) is 2.87. The van der Waals surface area contributed by atoms with Gasteiger partial charge in [-0.3, -0.25) is 9.10 Å². The third-order valence-electron chi connectivity index (χ3n) is 4.75. The minimum Gasteiger partial charge on any atom is -0.340 e. The van der Waals surface area contributed by atoms with Crippen LogP contribution in [-0.2, 0) is 21.4 Å². The van der Waals surface area contributed by atoms with Crippen LogP contribution in [0.25, 0.3) is 10.8 Å². The predicted octanol–water partition coefficient (Wildman–Crippen LogP) is 3.66. The van der Waals surface area contributed by atoms with Gasteiger partial charge in [0.25, 0.3) is 10.0 Å². The molecule has 0 unspecified atom stereocenters. The van der Waals surface area contributed by atoms with Gasteiger partial charge in [-0.1, -0.05) is 54.1 Å². The quantitative estimate of drug-likeness (QED) is 0.671. The highest BCUT2D eigenvalue weighted by atomic mass is 35.5. The van der Waals surface area contributed by atoms with E-state index in [9.17, 15) is 13.2 Å². The molecule has 27 heavy (non-hydrogen) atoms. The van der Waals surface area contributed by atoms with Crippen LogP contribution in [-0.4, -0.2) is 32.8 Å². The molecule has 1 aliphatic heterocycles. The summed E-state index contributed by atoms with van der Waals surface area (Å²) in [7, 11) is -2.11. The van der Waals surface area contributed by atoms with Crippen LogP contribution in [0.15, 0.2) is 65.6 Å². The van der Waals surface area contributed by atoms with Crippen molar-refractivity contribution in [1.82, 2.24) is 4.90 Å². The first-order valence-electron chi connectivity index (χ1n) is 8.41. The molecule has 1 aliphatic rings. The zero-order chi connectivity index (χ0) is 19.2. The molecule has 0 atom stereocenters. The smallest absolute Gasteiger partial charge is 0.265 e. The van der Waals surface area contributed by atoms with Crippen LogP contribution in [0.2, 0.25) is 5.02 Å². The summed E-state index contributed by atoms with van der Waals surface area (Å²) in [5, 5.41) is 2.08. The number of carbonyl (C=O) groups is 1. The van der Waals surface area contributed by atoms with Crippen LogP contribution in [0.5, 0.6) is 0 Å². The molecule has 0 saturated heterocycles. The molecule has 1 amide bonds. The van der Waals surface area contributed by atoms with Crippen LogP contribution < -0.4 is 4.31 Å². The molecular weight excluding hydrogens is 384 g/mol. The topological polar surface area (TPSA) is 57.7 Å². The summed E-state index contributed by atoms with van der Waals surface area (Å²) in [6.45, 7) is 0.0562. The number of amides is 1.